The molecule has 2 heterocycles. The first kappa shape index (κ1) is 14.1. The molecule has 1 aliphatic heterocycles. The van der Waals surface area contributed by atoms with Crippen molar-refractivity contribution in [2.45, 2.75) is 12.8 Å². The molecule has 0 unspecified atom stereocenters. The van der Waals surface area contributed by atoms with Gasteiger partial charge in [-0.3, -0.25) is 9.78 Å². The molecule has 1 saturated heterocycles. The Balaban J connectivity index is 1.84. The summed E-state index contributed by atoms with van der Waals surface area (Å²) < 4.78 is 0. The molecule has 2 aromatic rings. The maximum Gasteiger partial charge on any atom is 0.222 e. The van der Waals surface area contributed by atoms with Gasteiger partial charge in [-0.25, -0.2) is 0 Å². The molecule has 1 fully saturated rings. The zero-order valence-electron chi connectivity index (χ0n) is 12.0. The number of nitrogens with one attached hydrogen (secondary N) is 1. The summed E-state index contributed by atoms with van der Waals surface area (Å²) in [6.45, 7) is 1.78. The number of pyridine rings is 1. The molecular formula is C16H18ClN3O. The third-order valence-electron chi connectivity index (χ3n) is 4.13. The van der Waals surface area contributed by atoms with Crippen molar-refractivity contribution in [3.05, 3.63) is 35.5 Å². The number of fused-ring (bicyclic) bond motifs is 1. The van der Waals surface area contributed by atoms with Crippen LogP contribution in [0.1, 0.15) is 12.8 Å². The third-order valence-corrected chi connectivity index (χ3v) is 4.37. The number of aromatic nitrogens is 1. The number of carbonyl (C=O) groups is 1. The molecule has 0 spiro atoms. The van der Waals surface area contributed by atoms with Crippen molar-refractivity contribution in [3.63, 3.8) is 0 Å². The lowest BCUT2D eigenvalue weighted by Gasteiger charge is -2.33. The largest absolute Gasteiger partial charge is 0.371 e. The summed E-state index contributed by atoms with van der Waals surface area (Å²) in [6, 6.07) is 7.84. The van der Waals surface area contributed by atoms with E-state index in [1.54, 1.807) is 7.05 Å². The second-order valence-corrected chi connectivity index (χ2v) is 5.80. The third kappa shape index (κ3) is 2.81. The Morgan fingerprint density at radius 2 is 2.10 bits per heavy atom. The summed E-state index contributed by atoms with van der Waals surface area (Å²) in [4.78, 5) is 18.4. The van der Waals surface area contributed by atoms with Gasteiger partial charge >= 0.3 is 0 Å². The lowest BCUT2D eigenvalue weighted by Crippen LogP contribution is -2.39. The van der Waals surface area contributed by atoms with Gasteiger partial charge in [-0.05, 0) is 37.1 Å². The second-order valence-electron chi connectivity index (χ2n) is 5.37. The Hall–Kier alpha value is -1.81. The molecule has 110 valence electrons. The second kappa shape index (κ2) is 5.90. The minimum absolute atomic E-state index is 0.133. The van der Waals surface area contributed by atoms with Gasteiger partial charge in [0.05, 0.1) is 5.52 Å². The standard InChI is InChI=1S/C16H18ClN3O/c1-18-16(21)11-5-8-20(9-6-11)15-4-7-19-14-10-12(17)2-3-13(14)15/h2-4,7,10-11H,5-6,8-9H2,1H3,(H,18,21). The van der Waals surface area contributed by atoms with Crippen LogP contribution in [0.3, 0.4) is 0 Å². The maximum atomic E-state index is 11.7. The normalized spacial score (nSPS) is 16.2. The number of hydrogen-bond donors (Lipinski definition) is 1. The predicted octanol–water partition coefficient (Wildman–Crippen LogP) is 2.85. The van der Waals surface area contributed by atoms with Crippen LogP contribution < -0.4 is 10.2 Å². The summed E-state index contributed by atoms with van der Waals surface area (Å²) in [5, 5.41) is 4.55. The molecule has 1 N–H and O–H groups in total. The van der Waals surface area contributed by atoms with E-state index in [0.29, 0.717) is 5.02 Å². The minimum Gasteiger partial charge on any atom is -0.371 e. The number of hydrogen-bond acceptors (Lipinski definition) is 3. The van der Waals surface area contributed by atoms with Crippen LogP contribution in [0.4, 0.5) is 5.69 Å². The van der Waals surface area contributed by atoms with E-state index in [1.165, 1.54) is 5.69 Å². The molecule has 0 bridgehead atoms. The molecule has 4 nitrogen and oxygen atoms in total. The maximum absolute atomic E-state index is 11.7. The lowest BCUT2D eigenvalue weighted by atomic mass is 9.95. The van der Waals surface area contributed by atoms with Crippen LogP contribution in [0.15, 0.2) is 30.5 Å². The average Bonchev–Trinajstić information content (AvgIpc) is 2.53. The van der Waals surface area contributed by atoms with E-state index < -0.39 is 0 Å². The number of anilines is 1. The van der Waals surface area contributed by atoms with Gasteiger partial charge in [0, 0.05) is 48.3 Å². The van der Waals surface area contributed by atoms with Gasteiger partial charge in [0.15, 0.2) is 0 Å². The Labute approximate surface area is 129 Å². The summed E-state index contributed by atoms with van der Waals surface area (Å²) in [7, 11) is 1.70. The first-order chi connectivity index (χ1) is 10.2. The number of piperidine rings is 1. The fraction of sp³-hybridized carbons (Fsp3) is 0.375. The average molecular weight is 304 g/mol. The van der Waals surface area contributed by atoms with Crippen molar-refractivity contribution in [2.75, 3.05) is 25.0 Å². The number of halogens is 1. The molecule has 1 amide bonds. The van der Waals surface area contributed by atoms with Crippen molar-refractivity contribution < 1.29 is 4.79 Å². The Morgan fingerprint density at radius 3 is 2.81 bits per heavy atom. The Morgan fingerprint density at radius 1 is 1.33 bits per heavy atom. The smallest absolute Gasteiger partial charge is 0.222 e. The molecule has 21 heavy (non-hydrogen) atoms. The zero-order valence-corrected chi connectivity index (χ0v) is 12.7. The number of benzene rings is 1. The van der Waals surface area contributed by atoms with Crippen molar-refractivity contribution in [1.82, 2.24) is 10.3 Å². The van der Waals surface area contributed by atoms with E-state index in [4.69, 9.17) is 11.6 Å². The quantitative estimate of drug-likeness (QED) is 0.928. The van der Waals surface area contributed by atoms with E-state index in [-0.39, 0.29) is 11.8 Å². The first-order valence-electron chi connectivity index (χ1n) is 7.20. The Bertz CT molecular complexity index is 666. The highest BCUT2D eigenvalue weighted by Gasteiger charge is 2.25. The predicted molar refractivity (Wildman–Crippen MR) is 85.8 cm³/mol. The minimum atomic E-state index is 0.133. The molecular weight excluding hydrogens is 286 g/mol. The molecule has 1 aromatic carbocycles. The fourth-order valence-electron chi connectivity index (χ4n) is 2.97. The summed E-state index contributed by atoms with van der Waals surface area (Å²) >= 11 is 6.03. The summed E-state index contributed by atoms with van der Waals surface area (Å²) in [5.74, 6) is 0.287. The fourth-order valence-corrected chi connectivity index (χ4v) is 3.13. The van der Waals surface area contributed by atoms with Crippen LogP contribution in [-0.2, 0) is 4.79 Å². The highest BCUT2D eigenvalue weighted by Crippen LogP contribution is 2.30. The molecule has 1 aliphatic rings. The van der Waals surface area contributed by atoms with E-state index in [1.807, 2.05) is 30.5 Å². The van der Waals surface area contributed by atoms with Crippen molar-refractivity contribution in [1.29, 1.82) is 0 Å². The van der Waals surface area contributed by atoms with E-state index in [0.717, 1.165) is 36.8 Å². The number of amides is 1. The molecule has 1 aromatic heterocycles. The molecule has 5 heteroatoms. The van der Waals surface area contributed by atoms with Crippen molar-refractivity contribution in [2.24, 2.45) is 5.92 Å². The molecule has 0 saturated carbocycles. The summed E-state index contributed by atoms with van der Waals surface area (Å²) in [6.07, 6.45) is 3.59. The summed E-state index contributed by atoms with van der Waals surface area (Å²) in [5.41, 5.74) is 2.08. The van der Waals surface area contributed by atoms with Crippen molar-refractivity contribution in [3.8, 4) is 0 Å². The molecule has 0 radical (unpaired) electrons. The molecule has 0 aliphatic carbocycles. The van der Waals surface area contributed by atoms with Gasteiger partial charge in [-0.15, -0.1) is 0 Å². The van der Waals surface area contributed by atoms with Crippen LogP contribution in [0.2, 0.25) is 5.02 Å². The highest BCUT2D eigenvalue weighted by atomic mass is 35.5. The van der Waals surface area contributed by atoms with Crippen LogP contribution >= 0.6 is 11.6 Å². The first-order valence-corrected chi connectivity index (χ1v) is 7.57. The van der Waals surface area contributed by atoms with Crippen LogP contribution in [0, 0.1) is 5.92 Å². The lowest BCUT2D eigenvalue weighted by molar-refractivity contribution is -0.125. The zero-order chi connectivity index (χ0) is 14.8. The highest BCUT2D eigenvalue weighted by molar-refractivity contribution is 6.31. The van der Waals surface area contributed by atoms with E-state index >= 15 is 0 Å². The molecule has 0 atom stereocenters. The number of nitrogens with zero attached hydrogens (tertiary/aromatic N) is 2. The monoisotopic (exact) mass is 303 g/mol. The number of rotatable bonds is 2. The van der Waals surface area contributed by atoms with Gasteiger partial charge in [-0.2, -0.15) is 0 Å². The SMILES string of the molecule is CNC(=O)C1CCN(c2ccnc3cc(Cl)ccc23)CC1. The van der Waals surface area contributed by atoms with Gasteiger partial charge in [0.1, 0.15) is 0 Å². The van der Waals surface area contributed by atoms with Crippen molar-refractivity contribution >= 4 is 34.1 Å². The van der Waals surface area contributed by atoms with Gasteiger partial charge in [0.2, 0.25) is 5.91 Å². The van der Waals surface area contributed by atoms with E-state index in [9.17, 15) is 4.79 Å². The van der Waals surface area contributed by atoms with E-state index in [2.05, 4.69) is 15.2 Å². The topological polar surface area (TPSA) is 45.2 Å². The van der Waals surface area contributed by atoms with Crippen LogP contribution in [0.5, 0.6) is 0 Å². The van der Waals surface area contributed by atoms with Gasteiger partial charge in [0.25, 0.3) is 0 Å². The van der Waals surface area contributed by atoms with Gasteiger partial charge < -0.3 is 10.2 Å². The van der Waals surface area contributed by atoms with Crippen LogP contribution in [0.25, 0.3) is 10.9 Å². The number of carbonyl (C=O) groups excluding carboxylic acids is 1. The molecule has 3 rings (SSSR count). The van der Waals surface area contributed by atoms with Crippen LogP contribution in [-0.4, -0.2) is 31.0 Å². The van der Waals surface area contributed by atoms with Gasteiger partial charge in [-0.1, -0.05) is 11.6 Å². The Kier molecular flexibility index (Phi) is 3.97.